The Balaban J connectivity index is 0. The molecule has 0 aliphatic rings. The van der Waals surface area contributed by atoms with E-state index in [9.17, 15) is 14.4 Å². The topological polar surface area (TPSA) is 119 Å². The first kappa shape index (κ1) is 47.8. The van der Waals surface area contributed by atoms with Gasteiger partial charge in [-0.3, -0.25) is 0 Å². The number of esters is 2. The second kappa shape index (κ2) is 19.2. The fraction of sp³-hybridized carbons (Fsp3) is 0.793. The zero-order chi connectivity index (χ0) is 37.0. The zero-order valence-electron chi connectivity index (χ0n) is 32.3. The van der Waals surface area contributed by atoms with E-state index in [-0.39, 0.29) is 12.6 Å². The summed E-state index contributed by atoms with van der Waals surface area (Å²) in [5.41, 5.74) is 0.790. The van der Waals surface area contributed by atoms with Gasteiger partial charge in [-0.25, -0.2) is 9.59 Å². The van der Waals surface area contributed by atoms with Gasteiger partial charge in [0.1, 0.15) is 0 Å². The Kier molecular flexibility index (Phi) is 19.9. The van der Waals surface area contributed by atoms with Crippen molar-refractivity contribution in [2.45, 2.75) is 137 Å². The van der Waals surface area contributed by atoms with Crippen LogP contribution < -0.4 is 0 Å². The summed E-state index contributed by atoms with van der Waals surface area (Å²) >= 11 is 0. The molecule has 0 saturated carbocycles. The third-order valence-electron chi connectivity index (χ3n) is 4.74. The van der Waals surface area contributed by atoms with Crippen LogP contribution in [0, 0.1) is 0 Å². The summed E-state index contributed by atoms with van der Waals surface area (Å²) in [5, 5.41) is 0. The molecule has 0 atom stereocenters. The number of carbonyl (C=O) groups is 2. The molecule has 0 fully saturated rings. The maximum atomic E-state index is 11.6. The van der Waals surface area contributed by atoms with Crippen LogP contribution in [-0.4, -0.2) is 89.1 Å². The molecule has 1 N–H and O–H groups in total. The first-order chi connectivity index (χ1) is 20.2. The minimum absolute atomic E-state index is 0.241. The molecule has 0 saturated heterocycles. The van der Waals surface area contributed by atoms with Crippen molar-refractivity contribution in [1.29, 1.82) is 0 Å². The van der Waals surface area contributed by atoms with E-state index in [1.165, 1.54) is 0 Å². The first-order valence-electron chi connectivity index (χ1n) is 16.1. The lowest BCUT2D eigenvalue weighted by atomic mass is 10.4. The highest BCUT2D eigenvalue weighted by atomic mass is 28.5. The van der Waals surface area contributed by atoms with Crippen molar-refractivity contribution in [3.8, 4) is 0 Å². The normalized spacial score (nSPS) is 13.4. The molecule has 0 aliphatic heterocycles. The molecule has 0 rings (SSSR count). The number of ether oxygens (including phenoxy) is 2. The van der Waals surface area contributed by atoms with Crippen molar-refractivity contribution in [3.63, 3.8) is 0 Å². The van der Waals surface area contributed by atoms with Crippen LogP contribution in [0.1, 0.15) is 26.7 Å². The van der Waals surface area contributed by atoms with E-state index in [2.05, 4.69) is 72.1 Å². The van der Waals surface area contributed by atoms with Crippen LogP contribution in [0.25, 0.3) is 0 Å². The van der Waals surface area contributed by atoms with Gasteiger partial charge in [0.15, 0.2) is 41.6 Å². The zero-order valence-corrected chi connectivity index (χ0v) is 39.3. The second-order valence-corrected chi connectivity index (χ2v) is 45.5. The Morgan fingerprint density at radius 3 is 1.00 bits per heavy atom. The Bertz CT molecular complexity index is 932. The summed E-state index contributed by atoms with van der Waals surface area (Å²) in [6.07, 6.45) is 1.20. The van der Waals surface area contributed by atoms with Gasteiger partial charge in [0.05, 0.1) is 13.2 Å². The summed E-state index contributed by atoms with van der Waals surface area (Å²) in [7, 11) is -15.4. The van der Waals surface area contributed by atoms with Gasteiger partial charge in [0.2, 0.25) is 0 Å². The lowest BCUT2D eigenvalue weighted by Crippen LogP contribution is -2.60. The maximum Gasteiger partial charge on any atom is 0.477 e. The quantitative estimate of drug-likeness (QED) is 0.0563. The molecule has 0 aromatic heterocycles. The predicted molar refractivity (Wildman–Crippen MR) is 206 cm³/mol. The molecule has 17 heteroatoms. The number of carbonyl (C=O) groups excluding carboxylic acids is 2. The van der Waals surface area contributed by atoms with Gasteiger partial charge in [0.25, 0.3) is 0 Å². The highest BCUT2D eigenvalue weighted by Gasteiger charge is 2.49. The minimum atomic E-state index is -3.21. The molecule has 0 amide bonds. The average Bonchev–Trinajstić information content (AvgIpc) is 2.73. The maximum absolute atomic E-state index is 11.6. The summed E-state index contributed by atoms with van der Waals surface area (Å²) in [6.45, 7) is 42.6. The largest absolute Gasteiger partial charge is 0.477 e. The Morgan fingerprint density at radius 1 is 0.500 bits per heavy atom. The Morgan fingerprint density at radius 2 is 0.761 bits per heavy atom. The summed E-state index contributed by atoms with van der Waals surface area (Å²) < 4.78 is 41.9. The third kappa shape index (κ3) is 27.6. The number of hydrogen-bond donors (Lipinski definition) is 1. The SMILES string of the molecule is C=C(C)C(=O)OCCC[Si](O)(O[Si](C)(C)C)O[Si](C)(C)C.C=C(C)C(=O)OCCC[Si](O[Si](C)(C)C)(O[Si](C)(C)C)O[Si](C)(C)C. The molecule has 0 heterocycles. The van der Waals surface area contributed by atoms with E-state index in [0.717, 1.165) is 0 Å². The van der Waals surface area contributed by atoms with Crippen LogP contribution in [0.15, 0.2) is 24.3 Å². The molecule has 0 bridgehead atoms. The van der Waals surface area contributed by atoms with E-state index in [4.69, 9.17) is 30.0 Å². The van der Waals surface area contributed by atoms with Gasteiger partial charge in [-0.2, -0.15) is 0 Å². The van der Waals surface area contributed by atoms with Gasteiger partial charge in [-0.05, 0) is 125 Å². The van der Waals surface area contributed by atoms with Crippen LogP contribution in [-0.2, 0) is 39.6 Å². The smallest absolute Gasteiger partial charge is 0.462 e. The van der Waals surface area contributed by atoms with Gasteiger partial charge >= 0.3 is 29.5 Å². The fourth-order valence-electron chi connectivity index (χ4n) is 3.86. The highest BCUT2D eigenvalue weighted by Crippen LogP contribution is 2.30. The molecule has 0 unspecified atom stereocenters. The third-order valence-corrected chi connectivity index (χ3v) is 25.2. The highest BCUT2D eigenvalue weighted by molar-refractivity contribution is 6.90. The average molecular weight is 773 g/mol. The molecular formula is C29H68O10Si7. The standard InChI is InChI=1S/C16H38O5Si4.C13H30O5Si3/c1-15(2)16(17)18-13-12-14-25(19-22(3,4)5,20-23(6,7)8)21-24(9,10)11;1-12(2)13(14)16-10-9-11-21(15,17-19(3,4)5)18-20(6,7)8/h1,12-14H2,2-11H3;15H,1,9-11H2,2-8H3. The van der Waals surface area contributed by atoms with Crippen molar-refractivity contribution in [2.24, 2.45) is 0 Å². The van der Waals surface area contributed by atoms with Crippen LogP contribution in [0.2, 0.25) is 110 Å². The van der Waals surface area contributed by atoms with Crippen LogP contribution in [0.3, 0.4) is 0 Å². The van der Waals surface area contributed by atoms with E-state index in [1.807, 2.05) is 39.3 Å². The van der Waals surface area contributed by atoms with E-state index < -0.39 is 65.2 Å². The molecule has 0 spiro atoms. The number of hydrogen-bond acceptors (Lipinski definition) is 10. The van der Waals surface area contributed by atoms with Crippen LogP contribution in [0.5, 0.6) is 0 Å². The molecule has 0 radical (unpaired) electrons. The van der Waals surface area contributed by atoms with E-state index in [0.29, 0.717) is 42.7 Å². The monoisotopic (exact) mass is 772 g/mol. The van der Waals surface area contributed by atoms with E-state index >= 15 is 0 Å². The van der Waals surface area contributed by atoms with Crippen LogP contribution in [0.4, 0.5) is 0 Å². The van der Waals surface area contributed by atoms with Crippen molar-refractivity contribution in [3.05, 3.63) is 24.3 Å². The summed E-state index contributed by atoms with van der Waals surface area (Å²) in [4.78, 5) is 33.6. The summed E-state index contributed by atoms with van der Waals surface area (Å²) in [6, 6.07) is 1.08. The molecule has 0 aromatic rings. The van der Waals surface area contributed by atoms with Gasteiger partial charge in [-0.1, -0.05) is 13.2 Å². The van der Waals surface area contributed by atoms with Crippen LogP contribution >= 0.6 is 0 Å². The number of rotatable bonds is 20. The lowest BCUT2D eigenvalue weighted by molar-refractivity contribution is -0.139. The second-order valence-electron chi connectivity index (χ2n) is 16.5. The summed E-state index contributed by atoms with van der Waals surface area (Å²) in [5.74, 6) is -0.756. The predicted octanol–water partition coefficient (Wildman–Crippen LogP) is 8.12. The molecule has 10 nitrogen and oxygen atoms in total. The van der Waals surface area contributed by atoms with Crippen molar-refractivity contribution >= 4 is 71.1 Å². The Hall–Kier alpha value is -0.302. The molecule has 0 aromatic carbocycles. The fourth-order valence-corrected chi connectivity index (χ4v) is 28.1. The molecule has 46 heavy (non-hydrogen) atoms. The lowest BCUT2D eigenvalue weighted by Gasteiger charge is -2.42. The van der Waals surface area contributed by atoms with Gasteiger partial charge < -0.3 is 34.8 Å². The Labute approximate surface area is 289 Å². The van der Waals surface area contributed by atoms with Gasteiger partial charge in [-0.15, -0.1) is 0 Å². The van der Waals surface area contributed by atoms with E-state index in [1.54, 1.807) is 13.8 Å². The first-order valence-corrected chi connectivity index (χ1v) is 37.0. The molecular weight excluding hydrogens is 705 g/mol. The molecule has 0 aliphatic carbocycles. The van der Waals surface area contributed by atoms with Crippen molar-refractivity contribution in [1.82, 2.24) is 0 Å². The minimum Gasteiger partial charge on any atom is -0.462 e. The van der Waals surface area contributed by atoms with Gasteiger partial charge in [0, 0.05) is 23.2 Å². The van der Waals surface area contributed by atoms with Crippen molar-refractivity contribution < 1.29 is 44.4 Å². The molecule has 272 valence electrons. The van der Waals surface area contributed by atoms with Crippen molar-refractivity contribution in [2.75, 3.05) is 13.2 Å².